The normalized spacial score (nSPS) is 10.0. The second-order valence-corrected chi connectivity index (χ2v) is 4.78. The van der Waals surface area contributed by atoms with Gasteiger partial charge in [0.25, 0.3) is 5.91 Å². The van der Waals surface area contributed by atoms with Crippen molar-refractivity contribution in [3.05, 3.63) is 64.7 Å². The van der Waals surface area contributed by atoms with Crippen LogP contribution in [0.2, 0.25) is 5.02 Å². The molecular formula is C15H14Cl2F2N2O. The SMILES string of the molecule is Cl.NCCN(C(=O)c1ccc(F)cc1F)c1ccc(Cl)cc1. The number of amides is 1. The Morgan fingerprint density at radius 2 is 1.77 bits per heavy atom. The Hall–Kier alpha value is -1.69. The van der Waals surface area contributed by atoms with Crippen molar-refractivity contribution in [3.63, 3.8) is 0 Å². The molecule has 2 N–H and O–H groups in total. The summed E-state index contributed by atoms with van der Waals surface area (Å²) in [5.41, 5.74) is 5.83. The van der Waals surface area contributed by atoms with Gasteiger partial charge in [-0.3, -0.25) is 4.79 Å². The molecule has 0 saturated heterocycles. The van der Waals surface area contributed by atoms with Gasteiger partial charge in [0.15, 0.2) is 0 Å². The van der Waals surface area contributed by atoms with Crippen LogP contribution in [0.3, 0.4) is 0 Å². The molecular weight excluding hydrogens is 333 g/mol. The van der Waals surface area contributed by atoms with Crippen molar-refractivity contribution in [3.8, 4) is 0 Å². The van der Waals surface area contributed by atoms with Crippen LogP contribution in [0.4, 0.5) is 14.5 Å². The maximum absolute atomic E-state index is 13.7. The van der Waals surface area contributed by atoms with Gasteiger partial charge < -0.3 is 10.6 Å². The van der Waals surface area contributed by atoms with Gasteiger partial charge in [0.05, 0.1) is 5.56 Å². The Kier molecular flexibility index (Phi) is 6.74. The number of hydrogen-bond acceptors (Lipinski definition) is 2. The Labute approximate surface area is 138 Å². The molecule has 1 amide bonds. The third-order valence-electron chi connectivity index (χ3n) is 2.90. The third kappa shape index (κ3) is 4.16. The molecule has 0 spiro atoms. The summed E-state index contributed by atoms with van der Waals surface area (Å²) < 4.78 is 26.7. The van der Waals surface area contributed by atoms with Crippen LogP contribution in [0, 0.1) is 11.6 Å². The van der Waals surface area contributed by atoms with E-state index in [1.54, 1.807) is 24.3 Å². The van der Waals surface area contributed by atoms with Gasteiger partial charge in [-0.15, -0.1) is 12.4 Å². The molecule has 0 unspecified atom stereocenters. The van der Waals surface area contributed by atoms with Gasteiger partial charge in [-0.1, -0.05) is 11.6 Å². The van der Waals surface area contributed by atoms with Crippen LogP contribution in [-0.2, 0) is 0 Å². The minimum Gasteiger partial charge on any atom is -0.329 e. The van der Waals surface area contributed by atoms with Crippen LogP contribution in [0.25, 0.3) is 0 Å². The number of rotatable bonds is 4. The minimum atomic E-state index is -0.906. The fourth-order valence-electron chi connectivity index (χ4n) is 1.91. The minimum absolute atomic E-state index is 0. The van der Waals surface area contributed by atoms with E-state index >= 15 is 0 Å². The molecule has 0 atom stereocenters. The van der Waals surface area contributed by atoms with Gasteiger partial charge in [-0.2, -0.15) is 0 Å². The first-order chi connectivity index (χ1) is 10.0. The molecule has 0 heterocycles. The number of carbonyl (C=O) groups excluding carboxylic acids is 1. The molecule has 0 aliphatic heterocycles. The molecule has 22 heavy (non-hydrogen) atoms. The number of hydrogen-bond donors (Lipinski definition) is 1. The maximum Gasteiger partial charge on any atom is 0.261 e. The van der Waals surface area contributed by atoms with Gasteiger partial charge in [-0.05, 0) is 36.4 Å². The summed E-state index contributed by atoms with van der Waals surface area (Å²) in [6, 6.07) is 9.35. The first-order valence-corrected chi connectivity index (χ1v) is 6.63. The van der Waals surface area contributed by atoms with Crippen LogP contribution in [-0.4, -0.2) is 19.0 Å². The van der Waals surface area contributed by atoms with E-state index < -0.39 is 17.5 Å². The quantitative estimate of drug-likeness (QED) is 0.918. The summed E-state index contributed by atoms with van der Waals surface area (Å²) in [6.07, 6.45) is 0. The highest BCUT2D eigenvalue weighted by Crippen LogP contribution is 2.21. The molecule has 3 nitrogen and oxygen atoms in total. The number of nitrogens with two attached hydrogens (primary N) is 1. The van der Waals surface area contributed by atoms with E-state index in [2.05, 4.69) is 0 Å². The van der Waals surface area contributed by atoms with E-state index in [0.29, 0.717) is 16.8 Å². The standard InChI is InChI=1S/C15H13ClF2N2O.ClH/c16-10-1-4-12(5-2-10)20(8-7-19)15(21)13-6-3-11(17)9-14(13)18;/h1-6,9H,7-8,19H2;1H. The largest absolute Gasteiger partial charge is 0.329 e. The van der Waals surface area contributed by atoms with Crippen molar-refractivity contribution in [2.75, 3.05) is 18.0 Å². The molecule has 2 rings (SSSR count). The smallest absolute Gasteiger partial charge is 0.261 e. The summed E-state index contributed by atoms with van der Waals surface area (Å²) in [6.45, 7) is 0.411. The Balaban J connectivity index is 0.00000242. The van der Waals surface area contributed by atoms with Gasteiger partial charge in [-0.25, -0.2) is 8.78 Å². The highest BCUT2D eigenvalue weighted by molar-refractivity contribution is 6.30. The lowest BCUT2D eigenvalue weighted by Crippen LogP contribution is -2.35. The summed E-state index contributed by atoms with van der Waals surface area (Å²) >= 11 is 5.80. The summed E-state index contributed by atoms with van der Waals surface area (Å²) in [7, 11) is 0. The van der Waals surface area contributed by atoms with Gasteiger partial charge in [0.1, 0.15) is 11.6 Å². The van der Waals surface area contributed by atoms with Crippen LogP contribution in [0.1, 0.15) is 10.4 Å². The molecule has 0 saturated carbocycles. The number of carbonyl (C=O) groups is 1. The lowest BCUT2D eigenvalue weighted by atomic mass is 10.1. The predicted molar refractivity (Wildman–Crippen MR) is 85.8 cm³/mol. The first kappa shape index (κ1) is 18.4. The first-order valence-electron chi connectivity index (χ1n) is 6.25. The number of benzene rings is 2. The molecule has 0 bridgehead atoms. The number of nitrogens with zero attached hydrogens (tertiary/aromatic N) is 1. The fourth-order valence-corrected chi connectivity index (χ4v) is 2.03. The summed E-state index contributed by atoms with van der Waals surface area (Å²) in [5.74, 6) is -2.22. The monoisotopic (exact) mass is 346 g/mol. The second-order valence-electron chi connectivity index (χ2n) is 4.35. The second kappa shape index (κ2) is 8.08. The highest BCUT2D eigenvalue weighted by atomic mass is 35.5. The Bertz CT molecular complexity index is 650. The molecule has 0 aromatic heterocycles. The lowest BCUT2D eigenvalue weighted by Gasteiger charge is -2.22. The van der Waals surface area contributed by atoms with Gasteiger partial charge in [0.2, 0.25) is 0 Å². The average Bonchev–Trinajstić information content (AvgIpc) is 2.45. The molecule has 0 fully saturated rings. The Morgan fingerprint density at radius 3 is 2.32 bits per heavy atom. The topological polar surface area (TPSA) is 46.3 Å². The van der Waals surface area contributed by atoms with Gasteiger partial charge in [0, 0.05) is 29.9 Å². The lowest BCUT2D eigenvalue weighted by molar-refractivity contribution is 0.0983. The predicted octanol–water partition coefficient (Wildman–Crippen LogP) is 3.65. The zero-order valence-electron chi connectivity index (χ0n) is 11.4. The summed E-state index contributed by atoms with van der Waals surface area (Å²) in [5, 5.41) is 0.520. The highest BCUT2D eigenvalue weighted by Gasteiger charge is 2.20. The van der Waals surface area contributed by atoms with Crippen molar-refractivity contribution in [1.29, 1.82) is 0 Å². The van der Waals surface area contributed by atoms with Crippen LogP contribution in [0.15, 0.2) is 42.5 Å². The van der Waals surface area contributed by atoms with Crippen LogP contribution in [0.5, 0.6) is 0 Å². The van der Waals surface area contributed by atoms with Crippen molar-refractivity contribution in [2.24, 2.45) is 5.73 Å². The van der Waals surface area contributed by atoms with Gasteiger partial charge >= 0.3 is 0 Å². The zero-order valence-corrected chi connectivity index (χ0v) is 13.0. The van der Waals surface area contributed by atoms with E-state index in [1.165, 1.54) is 4.90 Å². The zero-order chi connectivity index (χ0) is 15.4. The molecule has 0 aliphatic rings. The molecule has 2 aromatic rings. The van der Waals surface area contributed by atoms with Crippen molar-refractivity contribution in [2.45, 2.75) is 0 Å². The van der Waals surface area contributed by atoms with Crippen LogP contribution < -0.4 is 10.6 Å². The number of halogens is 4. The fraction of sp³-hybridized carbons (Fsp3) is 0.133. The van der Waals surface area contributed by atoms with E-state index in [4.69, 9.17) is 17.3 Å². The molecule has 2 aromatic carbocycles. The van der Waals surface area contributed by atoms with E-state index in [9.17, 15) is 13.6 Å². The molecule has 7 heteroatoms. The van der Waals surface area contributed by atoms with Crippen molar-refractivity contribution < 1.29 is 13.6 Å². The van der Waals surface area contributed by atoms with E-state index in [0.717, 1.165) is 12.1 Å². The third-order valence-corrected chi connectivity index (χ3v) is 3.15. The molecule has 118 valence electrons. The average molecular weight is 347 g/mol. The maximum atomic E-state index is 13.7. The van der Waals surface area contributed by atoms with E-state index in [-0.39, 0.29) is 31.1 Å². The van der Waals surface area contributed by atoms with E-state index in [1.807, 2.05) is 0 Å². The molecule has 0 radical (unpaired) electrons. The Morgan fingerprint density at radius 1 is 1.14 bits per heavy atom. The van der Waals surface area contributed by atoms with Crippen molar-refractivity contribution in [1.82, 2.24) is 0 Å². The van der Waals surface area contributed by atoms with Crippen LogP contribution >= 0.6 is 24.0 Å². The summed E-state index contributed by atoms with van der Waals surface area (Å²) in [4.78, 5) is 13.8. The van der Waals surface area contributed by atoms with Crippen molar-refractivity contribution >= 4 is 35.6 Å². The molecule has 0 aliphatic carbocycles. The number of anilines is 1.